The van der Waals surface area contributed by atoms with Gasteiger partial charge in [-0.3, -0.25) is 14.4 Å². The molecule has 0 unspecified atom stereocenters. The maximum atomic E-state index is 11.9. The molecule has 21 heavy (non-hydrogen) atoms. The van der Waals surface area contributed by atoms with Crippen molar-refractivity contribution in [1.29, 1.82) is 0 Å². The number of hydrogen-bond donors (Lipinski definition) is 0. The molecular weight excluding hydrogens is 272 g/mol. The van der Waals surface area contributed by atoms with Crippen molar-refractivity contribution in [3.63, 3.8) is 0 Å². The van der Waals surface area contributed by atoms with Gasteiger partial charge in [-0.05, 0) is 23.8 Å². The lowest BCUT2D eigenvalue weighted by molar-refractivity contribution is -0.133. The van der Waals surface area contributed by atoms with Crippen molar-refractivity contribution in [2.45, 2.75) is 12.8 Å². The van der Waals surface area contributed by atoms with Crippen LogP contribution in [0.5, 0.6) is 11.5 Å². The second-order valence-corrected chi connectivity index (χ2v) is 4.72. The van der Waals surface area contributed by atoms with Crippen molar-refractivity contribution in [3.05, 3.63) is 29.8 Å². The maximum absolute atomic E-state index is 11.9. The van der Waals surface area contributed by atoms with Crippen molar-refractivity contribution < 1.29 is 23.9 Å². The second-order valence-electron chi connectivity index (χ2n) is 4.72. The predicted molar refractivity (Wildman–Crippen MR) is 76.3 cm³/mol. The molecule has 1 aromatic carbocycles. The summed E-state index contributed by atoms with van der Waals surface area (Å²) in [6.07, 6.45) is 3.16. The van der Waals surface area contributed by atoms with E-state index in [9.17, 15) is 14.4 Å². The molecule has 1 fully saturated rings. The lowest BCUT2D eigenvalue weighted by Gasteiger charge is -2.07. The molecule has 0 aromatic heterocycles. The van der Waals surface area contributed by atoms with Gasteiger partial charge in [0.15, 0.2) is 28.8 Å². The van der Waals surface area contributed by atoms with Gasteiger partial charge in [0, 0.05) is 12.8 Å². The van der Waals surface area contributed by atoms with E-state index in [2.05, 4.69) is 0 Å². The van der Waals surface area contributed by atoms with Gasteiger partial charge in [0.25, 0.3) is 0 Å². The fourth-order valence-corrected chi connectivity index (χ4v) is 2.26. The van der Waals surface area contributed by atoms with Crippen LogP contribution >= 0.6 is 0 Å². The van der Waals surface area contributed by atoms with E-state index < -0.39 is 11.7 Å². The average Bonchev–Trinajstić information content (AvgIpc) is 2.83. The van der Waals surface area contributed by atoms with Crippen LogP contribution in [0.1, 0.15) is 18.4 Å². The first-order valence-corrected chi connectivity index (χ1v) is 6.56. The molecule has 0 amide bonds. The highest BCUT2D eigenvalue weighted by atomic mass is 16.5. The Labute approximate surface area is 122 Å². The number of carbonyl (C=O) groups is 3. The summed E-state index contributed by atoms with van der Waals surface area (Å²) in [6, 6.07) is 5.18. The number of allylic oxidation sites excluding steroid dienone is 1. The average molecular weight is 288 g/mol. The van der Waals surface area contributed by atoms with Gasteiger partial charge < -0.3 is 9.47 Å². The summed E-state index contributed by atoms with van der Waals surface area (Å²) in [5, 5.41) is 0. The van der Waals surface area contributed by atoms with Crippen molar-refractivity contribution in [1.82, 2.24) is 0 Å². The monoisotopic (exact) mass is 288 g/mol. The summed E-state index contributed by atoms with van der Waals surface area (Å²) in [5.74, 6) is -1.02. The molecule has 110 valence electrons. The van der Waals surface area contributed by atoms with Gasteiger partial charge in [-0.15, -0.1) is 0 Å². The van der Waals surface area contributed by atoms with Crippen LogP contribution in [-0.2, 0) is 14.4 Å². The van der Waals surface area contributed by atoms with Crippen molar-refractivity contribution in [2.75, 3.05) is 14.2 Å². The van der Waals surface area contributed by atoms with Gasteiger partial charge >= 0.3 is 0 Å². The molecule has 0 aliphatic heterocycles. The van der Waals surface area contributed by atoms with Crippen LogP contribution in [0.25, 0.3) is 6.08 Å². The zero-order chi connectivity index (χ0) is 15.4. The van der Waals surface area contributed by atoms with Gasteiger partial charge in [-0.2, -0.15) is 0 Å². The van der Waals surface area contributed by atoms with E-state index in [0.717, 1.165) is 5.56 Å². The first-order chi connectivity index (χ1) is 10.1. The molecule has 1 aromatic rings. The minimum atomic E-state index is -1.11. The number of benzene rings is 1. The smallest absolute Gasteiger partial charge is 0.173 e. The number of rotatable bonds is 5. The molecular formula is C16H16O5. The first kappa shape index (κ1) is 15.0. The Bertz CT molecular complexity index is 599. The van der Waals surface area contributed by atoms with Crippen LogP contribution in [0.4, 0.5) is 0 Å². The largest absolute Gasteiger partial charge is 0.493 e. The molecule has 1 saturated carbocycles. The number of hydrogen-bond acceptors (Lipinski definition) is 5. The lowest BCUT2D eigenvalue weighted by atomic mass is 9.99. The van der Waals surface area contributed by atoms with E-state index >= 15 is 0 Å². The van der Waals surface area contributed by atoms with Crippen molar-refractivity contribution in [3.8, 4) is 11.5 Å². The maximum Gasteiger partial charge on any atom is 0.173 e. The van der Waals surface area contributed by atoms with Crippen LogP contribution in [0.2, 0.25) is 0 Å². The van der Waals surface area contributed by atoms with Gasteiger partial charge in [-0.25, -0.2) is 0 Å². The number of methoxy groups -OCH3 is 2. The highest BCUT2D eigenvalue weighted by molar-refractivity contribution is 6.26. The van der Waals surface area contributed by atoms with Crippen LogP contribution in [-0.4, -0.2) is 31.6 Å². The molecule has 0 N–H and O–H groups in total. The topological polar surface area (TPSA) is 69.7 Å². The fourth-order valence-electron chi connectivity index (χ4n) is 2.26. The van der Waals surface area contributed by atoms with Gasteiger partial charge in [0.05, 0.1) is 14.2 Å². The minimum absolute atomic E-state index is 0.166. The van der Waals surface area contributed by atoms with Crippen LogP contribution in [0.3, 0.4) is 0 Å². The molecule has 0 spiro atoms. The quantitative estimate of drug-likeness (QED) is 0.610. The number of ketones is 3. The van der Waals surface area contributed by atoms with E-state index in [1.807, 2.05) is 0 Å². The molecule has 1 aliphatic carbocycles. The normalized spacial score (nSPS) is 15.7. The zero-order valence-corrected chi connectivity index (χ0v) is 11.9. The predicted octanol–water partition coefficient (Wildman–Crippen LogP) is 1.83. The zero-order valence-electron chi connectivity index (χ0n) is 11.9. The molecule has 0 radical (unpaired) electrons. The Morgan fingerprint density at radius 2 is 1.71 bits per heavy atom. The summed E-state index contributed by atoms with van der Waals surface area (Å²) >= 11 is 0. The van der Waals surface area contributed by atoms with Gasteiger partial charge in [0.2, 0.25) is 0 Å². The first-order valence-electron chi connectivity index (χ1n) is 6.56. The highest BCUT2D eigenvalue weighted by Gasteiger charge is 2.37. The van der Waals surface area contributed by atoms with Gasteiger partial charge in [-0.1, -0.05) is 12.1 Å². The Hall–Kier alpha value is -2.43. The fraction of sp³-hybridized carbons (Fsp3) is 0.312. The summed E-state index contributed by atoms with van der Waals surface area (Å²) in [6.45, 7) is 0. The standard InChI is InChI=1S/C16H16O5/c1-20-14-8-4-10(9-15(14)21-2)3-5-11(17)16-12(18)6-7-13(16)19/h3-5,8-9,16H,6-7H2,1-2H3/b5-3+. The molecule has 0 saturated heterocycles. The van der Waals surface area contributed by atoms with E-state index in [1.165, 1.54) is 20.3 Å². The third kappa shape index (κ3) is 3.18. The van der Waals surface area contributed by atoms with Gasteiger partial charge in [0.1, 0.15) is 5.92 Å². The summed E-state index contributed by atoms with van der Waals surface area (Å²) in [4.78, 5) is 35.0. The van der Waals surface area contributed by atoms with E-state index in [-0.39, 0.29) is 24.4 Å². The van der Waals surface area contributed by atoms with Crippen LogP contribution in [0.15, 0.2) is 24.3 Å². The van der Waals surface area contributed by atoms with E-state index in [4.69, 9.17) is 9.47 Å². The molecule has 0 bridgehead atoms. The number of carbonyl (C=O) groups excluding carboxylic acids is 3. The summed E-state index contributed by atoms with van der Waals surface area (Å²) < 4.78 is 10.3. The number of Topliss-reactive ketones (excluding diaryl/α,β-unsaturated/α-hetero) is 2. The van der Waals surface area contributed by atoms with E-state index in [1.54, 1.807) is 24.3 Å². The lowest BCUT2D eigenvalue weighted by Crippen LogP contribution is -2.23. The highest BCUT2D eigenvalue weighted by Crippen LogP contribution is 2.28. The minimum Gasteiger partial charge on any atom is -0.493 e. The Balaban J connectivity index is 2.15. The molecule has 1 aliphatic rings. The molecule has 2 rings (SSSR count). The Morgan fingerprint density at radius 3 is 2.29 bits per heavy atom. The third-order valence-electron chi connectivity index (χ3n) is 3.39. The molecule has 0 atom stereocenters. The van der Waals surface area contributed by atoms with Crippen LogP contribution < -0.4 is 9.47 Å². The van der Waals surface area contributed by atoms with Crippen LogP contribution in [0, 0.1) is 5.92 Å². The van der Waals surface area contributed by atoms with E-state index in [0.29, 0.717) is 11.5 Å². The van der Waals surface area contributed by atoms with Crippen molar-refractivity contribution >= 4 is 23.4 Å². The third-order valence-corrected chi connectivity index (χ3v) is 3.39. The molecule has 5 heteroatoms. The summed E-state index contributed by atoms with van der Waals surface area (Å²) in [5.41, 5.74) is 0.721. The second kappa shape index (κ2) is 6.35. The Morgan fingerprint density at radius 1 is 1.10 bits per heavy atom. The SMILES string of the molecule is COc1ccc(/C=C/C(=O)C2C(=O)CCC2=O)cc1OC. The Kier molecular flexibility index (Phi) is 4.52. The summed E-state index contributed by atoms with van der Waals surface area (Å²) in [7, 11) is 3.06. The van der Waals surface area contributed by atoms with Crippen molar-refractivity contribution in [2.24, 2.45) is 5.92 Å². The number of ether oxygens (including phenoxy) is 2. The molecule has 0 heterocycles. The molecule has 5 nitrogen and oxygen atoms in total.